The molecule has 4 nitrogen and oxygen atoms in total. The van der Waals surface area contributed by atoms with Gasteiger partial charge in [0.15, 0.2) is 23.1 Å². The van der Waals surface area contributed by atoms with Gasteiger partial charge in [0.25, 0.3) is 0 Å². The molecule has 3 unspecified atom stereocenters. The Morgan fingerprint density at radius 1 is 0.479 bits per heavy atom. The third-order valence-corrected chi connectivity index (χ3v) is 14.6. The maximum atomic E-state index is 15.2. The summed E-state index contributed by atoms with van der Waals surface area (Å²) < 4.78 is 47.5. The molecule has 0 N–H and O–H groups in total. The van der Waals surface area contributed by atoms with E-state index in [0.29, 0.717) is 42.8 Å². The van der Waals surface area contributed by atoms with Crippen molar-refractivity contribution in [3.63, 3.8) is 0 Å². The van der Waals surface area contributed by atoms with Crippen molar-refractivity contribution in [2.75, 3.05) is 19.8 Å². The average Bonchev–Trinajstić information content (AvgIpc) is 4.02. The SMILES string of the molecule is CCCCCCCCCCCCOc1ccc(C#Cc2ccc(C#Cc3ccc(OCCCCCCCCCCCC)c(F)c3)c(CCCCCCCCCCCOC(=O)C3CC4C=CC3C4)c2)cc1F. The fraction of sp³-hybridized carbons (Fsp3) is 0.615. The Morgan fingerprint density at radius 2 is 0.901 bits per heavy atom. The average molecular weight is 973 g/mol. The van der Waals surface area contributed by atoms with Crippen molar-refractivity contribution >= 4 is 5.97 Å². The highest BCUT2D eigenvalue weighted by Crippen LogP contribution is 2.44. The Labute approximate surface area is 430 Å². The van der Waals surface area contributed by atoms with E-state index in [4.69, 9.17) is 14.2 Å². The largest absolute Gasteiger partial charge is 0.491 e. The summed E-state index contributed by atoms with van der Waals surface area (Å²) in [5, 5.41) is 0. The zero-order chi connectivity index (χ0) is 50.0. The highest BCUT2D eigenvalue weighted by Gasteiger charge is 2.40. The molecule has 3 aromatic rings. The van der Waals surface area contributed by atoms with Gasteiger partial charge in [-0.25, -0.2) is 8.78 Å². The van der Waals surface area contributed by atoms with E-state index in [1.165, 1.54) is 147 Å². The van der Waals surface area contributed by atoms with E-state index in [1.54, 1.807) is 12.1 Å². The fourth-order valence-electron chi connectivity index (χ4n) is 10.2. The van der Waals surface area contributed by atoms with Crippen molar-refractivity contribution in [3.8, 4) is 35.2 Å². The number of hydrogen-bond donors (Lipinski definition) is 0. The van der Waals surface area contributed by atoms with Gasteiger partial charge in [-0.05, 0) is 117 Å². The van der Waals surface area contributed by atoms with E-state index in [2.05, 4.69) is 55.7 Å². The first-order valence-electron chi connectivity index (χ1n) is 28.8. The number of hydrogen-bond acceptors (Lipinski definition) is 4. The van der Waals surface area contributed by atoms with Gasteiger partial charge in [0, 0.05) is 22.3 Å². The van der Waals surface area contributed by atoms with Crippen LogP contribution in [0.25, 0.3) is 0 Å². The number of fused-ring (bicyclic) bond motifs is 2. The number of ether oxygens (including phenoxy) is 3. The Morgan fingerprint density at radius 3 is 1.35 bits per heavy atom. The molecule has 0 amide bonds. The lowest BCUT2D eigenvalue weighted by Gasteiger charge is -2.16. The third-order valence-electron chi connectivity index (χ3n) is 14.6. The van der Waals surface area contributed by atoms with Crippen LogP contribution < -0.4 is 9.47 Å². The summed E-state index contributed by atoms with van der Waals surface area (Å²) in [4.78, 5) is 12.5. The summed E-state index contributed by atoms with van der Waals surface area (Å²) in [6, 6.07) is 16.1. The second-order valence-corrected chi connectivity index (χ2v) is 20.7. The topological polar surface area (TPSA) is 44.8 Å². The molecule has 3 aromatic carbocycles. The van der Waals surface area contributed by atoms with Gasteiger partial charge in [-0.2, -0.15) is 0 Å². The Bertz CT molecular complexity index is 2120. The van der Waals surface area contributed by atoms with Crippen LogP contribution in [0.3, 0.4) is 0 Å². The van der Waals surface area contributed by atoms with E-state index in [-0.39, 0.29) is 35.0 Å². The van der Waals surface area contributed by atoms with Crippen molar-refractivity contribution < 1.29 is 27.8 Å². The molecule has 6 heteroatoms. The van der Waals surface area contributed by atoms with Crippen LogP contribution in [0.1, 0.15) is 241 Å². The van der Waals surface area contributed by atoms with E-state index >= 15 is 8.78 Å². The van der Waals surface area contributed by atoms with Gasteiger partial charge in [-0.15, -0.1) is 0 Å². The molecule has 0 heterocycles. The number of unbranched alkanes of at least 4 members (excludes halogenated alkanes) is 26. The smallest absolute Gasteiger partial charge is 0.309 e. The molecule has 2 aliphatic carbocycles. The first kappa shape index (κ1) is 57.4. The fourth-order valence-corrected chi connectivity index (χ4v) is 10.2. The first-order valence-corrected chi connectivity index (χ1v) is 28.8. The molecule has 0 spiro atoms. The van der Waals surface area contributed by atoms with Gasteiger partial charge in [-0.1, -0.05) is 210 Å². The molecule has 0 aliphatic heterocycles. The van der Waals surface area contributed by atoms with Gasteiger partial charge in [0.2, 0.25) is 0 Å². The van der Waals surface area contributed by atoms with Crippen LogP contribution in [0.4, 0.5) is 8.78 Å². The minimum Gasteiger partial charge on any atom is -0.491 e. The van der Waals surface area contributed by atoms with Crippen LogP contribution in [0, 0.1) is 53.1 Å². The molecule has 0 radical (unpaired) electrons. The molecule has 1 saturated carbocycles. The van der Waals surface area contributed by atoms with Gasteiger partial charge in [-0.3, -0.25) is 4.79 Å². The number of allylic oxidation sites excluding steroid dienone is 2. The van der Waals surface area contributed by atoms with Gasteiger partial charge < -0.3 is 14.2 Å². The highest BCUT2D eigenvalue weighted by molar-refractivity contribution is 5.74. The molecule has 71 heavy (non-hydrogen) atoms. The summed E-state index contributed by atoms with van der Waals surface area (Å²) in [6.45, 7) is 6.09. The molecular formula is C65H90F2O4. The van der Waals surface area contributed by atoms with Crippen molar-refractivity contribution in [2.24, 2.45) is 17.8 Å². The van der Waals surface area contributed by atoms with Gasteiger partial charge in [0.1, 0.15) is 0 Å². The summed E-state index contributed by atoms with van der Waals surface area (Å²) in [7, 11) is 0. The summed E-state index contributed by atoms with van der Waals surface area (Å²) >= 11 is 0. The molecule has 2 aliphatic rings. The Hall–Kier alpha value is -4.55. The van der Waals surface area contributed by atoms with Crippen LogP contribution in [-0.2, 0) is 16.0 Å². The number of aryl methyl sites for hydroxylation is 1. The summed E-state index contributed by atoms with van der Waals surface area (Å²) in [5.41, 5.74) is 4.07. The van der Waals surface area contributed by atoms with Crippen LogP contribution in [0.15, 0.2) is 66.7 Å². The monoisotopic (exact) mass is 973 g/mol. The summed E-state index contributed by atoms with van der Waals surface area (Å²) in [6.07, 6.45) is 42.6. The maximum absolute atomic E-state index is 15.2. The minimum atomic E-state index is -0.387. The Kier molecular flexibility index (Phi) is 28.7. The Balaban J connectivity index is 1.06. The number of carbonyl (C=O) groups excluding carboxylic acids is 1. The van der Waals surface area contributed by atoms with Crippen LogP contribution in [-0.4, -0.2) is 25.8 Å². The van der Waals surface area contributed by atoms with Crippen LogP contribution in [0.2, 0.25) is 0 Å². The summed E-state index contributed by atoms with van der Waals surface area (Å²) in [5.74, 6) is 13.9. The molecular weight excluding hydrogens is 883 g/mol. The van der Waals surface area contributed by atoms with Crippen molar-refractivity contribution in [2.45, 2.75) is 219 Å². The lowest BCUT2D eigenvalue weighted by molar-refractivity contribution is -0.149. The number of benzene rings is 3. The van der Waals surface area contributed by atoms with E-state index < -0.39 is 0 Å². The normalized spacial score (nSPS) is 15.6. The third kappa shape index (κ3) is 23.3. The molecule has 0 aromatic heterocycles. The number of carbonyl (C=O) groups is 1. The minimum absolute atomic E-state index is 0.0133. The lowest BCUT2D eigenvalue weighted by Crippen LogP contribution is -2.21. The second kappa shape index (κ2) is 35.5. The van der Waals surface area contributed by atoms with E-state index in [9.17, 15) is 4.79 Å². The maximum Gasteiger partial charge on any atom is 0.309 e. The predicted molar refractivity (Wildman–Crippen MR) is 291 cm³/mol. The standard InChI is InChI=1S/C65H90F2O4/c1-3-5-7-9-11-13-17-21-25-29-45-69-63-43-38-54(51-61(63)66)34-33-53-35-40-57(41-36-55-39-44-64(62(67)52-55)70-46-30-26-22-18-14-12-10-8-6-4-2)58(48-53)32-28-24-20-16-15-19-23-27-31-47-71-65(68)60-50-56-37-42-59(60)49-56/h35,37-40,42-44,48,51-52,56,59-60H,3-32,45-47,49-50H2,1-2H3. The zero-order valence-corrected chi connectivity index (χ0v) is 44.2. The van der Waals surface area contributed by atoms with Gasteiger partial charge >= 0.3 is 5.97 Å². The zero-order valence-electron chi connectivity index (χ0n) is 44.2. The molecule has 3 atom stereocenters. The second-order valence-electron chi connectivity index (χ2n) is 20.7. The quantitative estimate of drug-likeness (QED) is 0.0250. The molecule has 2 bridgehead atoms. The first-order chi connectivity index (χ1) is 34.9. The van der Waals surface area contributed by atoms with Crippen molar-refractivity contribution in [1.82, 2.24) is 0 Å². The molecule has 1 fully saturated rings. The lowest BCUT2D eigenvalue weighted by atomic mass is 9.94. The van der Waals surface area contributed by atoms with Crippen molar-refractivity contribution in [3.05, 3.63) is 106 Å². The van der Waals surface area contributed by atoms with Gasteiger partial charge in [0.05, 0.1) is 25.7 Å². The number of rotatable bonds is 37. The molecule has 388 valence electrons. The van der Waals surface area contributed by atoms with E-state index in [0.717, 1.165) is 87.3 Å². The highest BCUT2D eigenvalue weighted by atomic mass is 19.1. The van der Waals surface area contributed by atoms with Crippen LogP contribution >= 0.6 is 0 Å². The molecule has 5 rings (SSSR count). The molecule has 0 saturated heterocycles. The van der Waals surface area contributed by atoms with Crippen LogP contribution in [0.5, 0.6) is 11.5 Å². The van der Waals surface area contributed by atoms with E-state index in [1.807, 2.05) is 24.3 Å². The van der Waals surface area contributed by atoms with Crippen molar-refractivity contribution in [1.29, 1.82) is 0 Å². The number of halogens is 2. The number of esters is 1. The predicted octanol–water partition coefficient (Wildman–Crippen LogP) is 18.2.